The van der Waals surface area contributed by atoms with Gasteiger partial charge in [-0.15, -0.1) is 0 Å². The molecule has 0 aromatic carbocycles. The Morgan fingerprint density at radius 3 is 2.67 bits per heavy atom. The van der Waals surface area contributed by atoms with Gasteiger partial charge in [-0.1, -0.05) is 0 Å². The average molecular weight is 255 g/mol. The largest absolute Gasteiger partial charge is 0.464 e. The molecule has 0 aliphatic carbocycles. The van der Waals surface area contributed by atoms with Gasteiger partial charge in [-0.25, -0.2) is 9.59 Å². The molecule has 0 aliphatic heterocycles. The van der Waals surface area contributed by atoms with Gasteiger partial charge in [-0.2, -0.15) is 0 Å². The molecule has 8 nitrogen and oxygen atoms in total. The lowest BCUT2D eigenvalue weighted by molar-refractivity contribution is -0.144. The van der Waals surface area contributed by atoms with E-state index < -0.39 is 29.2 Å². The fourth-order valence-corrected chi connectivity index (χ4v) is 1.18. The zero-order chi connectivity index (χ0) is 13.7. The van der Waals surface area contributed by atoms with Crippen LogP contribution < -0.4 is 16.6 Å². The van der Waals surface area contributed by atoms with Gasteiger partial charge in [-0.3, -0.25) is 14.6 Å². The van der Waals surface area contributed by atoms with E-state index >= 15 is 0 Å². The predicted molar refractivity (Wildman–Crippen MR) is 61.2 cm³/mol. The molecule has 0 fully saturated rings. The molecular weight excluding hydrogens is 242 g/mol. The van der Waals surface area contributed by atoms with Gasteiger partial charge in [0.1, 0.15) is 11.6 Å². The van der Waals surface area contributed by atoms with Crippen molar-refractivity contribution >= 4 is 11.9 Å². The molecule has 0 aliphatic rings. The van der Waals surface area contributed by atoms with Crippen molar-refractivity contribution in [2.24, 2.45) is 0 Å². The molecule has 0 spiro atoms. The van der Waals surface area contributed by atoms with Crippen molar-refractivity contribution in [3.8, 4) is 0 Å². The Kier molecular flexibility index (Phi) is 4.41. The topological polar surface area (TPSA) is 121 Å². The number of hydrogen-bond acceptors (Lipinski definition) is 5. The van der Waals surface area contributed by atoms with Crippen LogP contribution in [0.25, 0.3) is 0 Å². The normalized spacial score (nSPS) is 11.7. The summed E-state index contributed by atoms with van der Waals surface area (Å²) in [5.41, 5.74) is -1.83. The van der Waals surface area contributed by atoms with E-state index in [0.29, 0.717) is 0 Å². The summed E-state index contributed by atoms with van der Waals surface area (Å²) in [6.45, 7) is 3.26. The summed E-state index contributed by atoms with van der Waals surface area (Å²) >= 11 is 0. The van der Waals surface area contributed by atoms with E-state index in [2.05, 4.69) is 10.3 Å². The van der Waals surface area contributed by atoms with Crippen LogP contribution in [-0.4, -0.2) is 34.5 Å². The molecular formula is C10H13N3O5. The van der Waals surface area contributed by atoms with E-state index in [1.54, 1.807) is 6.92 Å². The molecule has 1 atom stereocenters. The van der Waals surface area contributed by atoms with Gasteiger partial charge in [0, 0.05) is 6.20 Å². The summed E-state index contributed by atoms with van der Waals surface area (Å²) < 4.78 is 4.69. The third kappa shape index (κ3) is 3.30. The summed E-state index contributed by atoms with van der Waals surface area (Å²) in [5, 5.41) is 2.29. The highest BCUT2D eigenvalue weighted by molar-refractivity contribution is 5.96. The number of nitrogens with one attached hydrogen (secondary N) is 3. The van der Waals surface area contributed by atoms with E-state index in [1.165, 1.54) is 6.92 Å². The van der Waals surface area contributed by atoms with Crippen molar-refractivity contribution in [1.82, 2.24) is 15.3 Å². The van der Waals surface area contributed by atoms with E-state index in [1.807, 2.05) is 4.98 Å². The lowest BCUT2D eigenvalue weighted by Gasteiger charge is -2.11. The Hall–Kier alpha value is -2.38. The van der Waals surface area contributed by atoms with Crippen LogP contribution >= 0.6 is 0 Å². The Morgan fingerprint density at radius 2 is 2.11 bits per heavy atom. The minimum atomic E-state index is -0.885. The number of ether oxygens (including phenoxy) is 1. The predicted octanol–water partition coefficient (Wildman–Crippen LogP) is -1.26. The van der Waals surface area contributed by atoms with Crippen molar-refractivity contribution in [3.05, 3.63) is 32.6 Å². The standard InChI is InChI=1S/C10H13N3O5/c1-3-18-9(16)5(2)12-7(14)6-4-11-10(17)13-8(6)15/h4-5H,3H2,1-2H3,(H,12,14)(H2,11,13,15,17). The van der Waals surface area contributed by atoms with Crippen LogP contribution in [0.3, 0.4) is 0 Å². The van der Waals surface area contributed by atoms with Crippen LogP contribution in [0.2, 0.25) is 0 Å². The Bertz CT molecular complexity index is 559. The molecule has 0 saturated carbocycles. The number of H-pyrrole nitrogens is 2. The third-order valence-electron chi connectivity index (χ3n) is 2.05. The Labute approximate surface area is 101 Å². The van der Waals surface area contributed by atoms with Crippen LogP contribution in [-0.2, 0) is 9.53 Å². The number of amides is 1. The fraction of sp³-hybridized carbons (Fsp3) is 0.400. The second-order valence-electron chi connectivity index (χ2n) is 3.43. The zero-order valence-electron chi connectivity index (χ0n) is 9.90. The molecule has 1 amide bonds. The number of rotatable bonds is 4. The highest BCUT2D eigenvalue weighted by Gasteiger charge is 2.19. The molecule has 8 heteroatoms. The van der Waals surface area contributed by atoms with Gasteiger partial charge >= 0.3 is 11.7 Å². The number of esters is 1. The second kappa shape index (κ2) is 5.80. The highest BCUT2D eigenvalue weighted by Crippen LogP contribution is 1.91. The SMILES string of the molecule is CCOC(=O)C(C)NC(=O)c1c[nH]c(=O)[nH]c1=O. The molecule has 0 radical (unpaired) electrons. The molecule has 98 valence electrons. The van der Waals surface area contributed by atoms with E-state index in [4.69, 9.17) is 4.74 Å². The first-order valence-electron chi connectivity index (χ1n) is 5.25. The maximum atomic E-state index is 11.6. The number of hydrogen-bond donors (Lipinski definition) is 3. The second-order valence-corrected chi connectivity index (χ2v) is 3.43. The van der Waals surface area contributed by atoms with Crippen molar-refractivity contribution in [1.29, 1.82) is 0 Å². The summed E-state index contributed by atoms with van der Waals surface area (Å²) in [6.07, 6.45) is 0.981. The van der Waals surface area contributed by atoms with Crippen LogP contribution in [0.15, 0.2) is 15.8 Å². The van der Waals surface area contributed by atoms with Crippen LogP contribution in [0, 0.1) is 0 Å². The fourth-order valence-electron chi connectivity index (χ4n) is 1.18. The lowest BCUT2D eigenvalue weighted by Crippen LogP contribution is -2.42. The monoisotopic (exact) mass is 255 g/mol. The van der Waals surface area contributed by atoms with Gasteiger partial charge in [0.2, 0.25) is 0 Å². The number of aromatic nitrogens is 2. The van der Waals surface area contributed by atoms with Crippen LogP contribution in [0.4, 0.5) is 0 Å². The van der Waals surface area contributed by atoms with E-state index in [-0.39, 0.29) is 12.2 Å². The van der Waals surface area contributed by atoms with Gasteiger partial charge in [0.25, 0.3) is 11.5 Å². The summed E-state index contributed by atoms with van der Waals surface area (Å²) in [4.78, 5) is 49.0. The molecule has 1 aromatic rings. The van der Waals surface area contributed by atoms with Crippen molar-refractivity contribution in [3.63, 3.8) is 0 Å². The first kappa shape index (κ1) is 13.7. The van der Waals surface area contributed by atoms with Gasteiger partial charge in [-0.05, 0) is 13.8 Å². The molecule has 0 saturated heterocycles. The summed E-state index contributed by atoms with van der Waals surface area (Å²) in [6, 6.07) is -0.885. The Morgan fingerprint density at radius 1 is 1.44 bits per heavy atom. The minimum Gasteiger partial charge on any atom is -0.464 e. The van der Waals surface area contributed by atoms with Crippen LogP contribution in [0.5, 0.6) is 0 Å². The van der Waals surface area contributed by atoms with Crippen LogP contribution in [0.1, 0.15) is 24.2 Å². The first-order chi connectivity index (χ1) is 8.45. The quantitative estimate of drug-likeness (QED) is 0.580. The van der Waals surface area contributed by atoms with Crippen molar-refractivity contribution in [2.75, 3.05) is 6.61 Å². The highest BCUT2D eigenvalue weighted by atomic mass is 16.5. The molecule has 1 heterocycles. The zero-order valence-corrected chi connectivity index (χ0v) is 9.90. The van der Waals surface area contributed by atoms with Crippen molar-refractivity contribution < 1.29 is 14.3 Å². The molecule has 18 heavy (non-hydrogen) atoms. The van der Waals surface area contributed by atoms with Gasteiger partial charge in [0.05, 0.1) is 6.61 Å². The Balaban J connectivity index is 2.80. The lowest BCUT2D eigenvalue weighted by atomic mass is 10.2. The maximum absolute atomic E-state index is 11.6. The third-order valence-corrected chi connectivity index (χ3v) is 2.05. The van der Waals surface area contributed by atoms with E-state index in [0.717, 1.165) is 6.20 Å². The minimum absolute atomic E-state index is 0.193. The summed E-state index contributed by atoms with van der Waals surface area (Å²) in [5.74, 6) is -1.38. The van der Waals surface area contributed by atoms with Crippen molar-refractivity contribution in [2.45, 2.75) is 19.9 Å². The molecule has 3 N–H and O–H groups in total. The smallest absolute Gasteiger partial charge is 0.328 e. The molecule has 1 unspecified atom stereocenters. The van der Waals surface area contributed by atoms with E-state index in [9.17, 15) is 19.2 Å². The molecule has 0 bridgehead atoms. The first-order valence-corrected chi connectivity index (χ1v) is 5.25. The number of aromatic amines is 2. The average Bonchev–Trinajstić information content (AvgIpc) is 2.28. The number of carbonyl (C=O) groups is 2. The molecule has 1 rings (SSSR count). The van der Waals surface area contributed by atoms with Gasteiger partial charge in [0.15, 0.2) is 0 Å². The summed E-state index contributed by atoms with van der Waals surface area (Å²) in [7, 11) is 0. The van der Waals surface area contributed by atoms with Gasteiger partial charge < -0.3 is 15.0 Å². The molecule has 1 aromatic heterocycles. The maximum Gasteiger partial charge on any atom is 0.328 e. The number of carbonyl (C=O) groups excluding carboxylic acids is 2.